The average Bonchev–Trinajstić information content (AvgIpc) is 2.18. The molecule has 0 aromatic rings. The molecular formula is C9H14N2O4. The van der Waals surface area contributed by atoms with E-state index in [0.717, 1.165) is 0 Å². The number of hydrogen-bond donors (Lipinski definition) is 1. The molecule has 0 aromatic heterocycles. The van der Waals surface area contributed by atoms with E-state index >= 15 is 0 Å². The lowest BCUT2D eigenvalue weighted by atomic mass is 10.1. The van der Waals surface area contributed by atoms with Gasteiger partial charge in [0.1, 0.15) is 0 Å². The van der Waals surface area contributed by atoms with E-state index in [1.165, 1.54) is 16.7 Å². The van der Waals surface area contributed by atoms with Crippen LogP contribution in [0, 0.1) is 5.92 Å². The first-order valence-electron chi connectivity index (χ1n) is 4.70. The molecule has 1 saturated heterocycles. The number of rotatable bonds is 3. The quantitative estimate of drug-likeness (QED) is 0.612. The monoisotopic (exact) mass is 214 g/mol. The van der Waals surface area contributed by atoms with Crippen molar-refractivity contribution < 1.29 is 19.5 Å². The minimum absolute atomic E-state index is 0.0910. The third-order valence-corrected chi connectivity index (χ3v) is 2.44. The van der Waals surface area contributed by atoms with Crippen LogP contribution in [-0.2, 0) is 14.4 Å². The molecule has 2 amide bonds. The van der Waals surface area contributed by atoms with Crippen molar-refractivity contribution in [3.8, 4) is 0 Å². The Labute approximate surface area is 87.5 Å². The predicted octanol–water partition coefficient (Wildman–Crippen LogP) is -0.992. The molecule has 1 atom stereocenters. The number of hydrogen-bond acceptors (Lipinski definition) is 3. The molecule has 0 bridgehead atoms. The normalized spacial score (nSPS) is 19.3. The van der Waals surface area contributed by atoms with Crippen LogP contribution < -0.4 is 0 Å². The van der Waals surface area contributed by atoms with Crippen molar-refractivity contribution in [1.29, 1.82) is 0 Å². The molecule has 1 unspecified atom stereocenters. The predicted molar refractivity (Wildman–Crippen MR) is 51.0 cm³/mol. The van der Waals surface area contributed by atoms with E-state index in [2.05, 4.69) is 0 Å². The zero-order valence-electron chi connectivity index (χ0n) is 8.77. The van der Waals surface area contributed by atoms with E-state index in [9.17, 15) is 14.4 Å². The fourth-order valence-corrected chi connectivity index (χ4v) is 1.36. The second-order valence-corrected chi connectivity index (χ2v) is 3.72. The van der Waals surface area contributed by atoms with E-state index in [-0.39, 0.29) is 6.54 Å². The summed E-state index contributed by atoms with van der Waals surface area (Å²) in [5.41, 5.74) is 0. The molecule has 1 aliphatic rings. The SMILES string of the molecule is CC(CN1CCN(C)C(=O)C1=O)C(=O)O. The molecule has 1 fully saturated rings. The van der Waals surface area contributed by atoms with Gasteiger partial charge in [0.25, 0.3) is 0 Å². The van der Waals surface area contributed by atoms with Crippen LogP contribution in [0.5, 0.6) is 0 Å². The molecule has 0 spiro atoms. The lowest BCUT2D eigenvalue weighted by Gasteiger charge is -2.32. The fourth-order valence-electron chi connectivity index (χ4n) is 1.36. The summed E-state index contributed by atoms with van der Waals surface area (Å²) in [6.45, 7) is 2.46. The number of amides is 2. The van der Waals surface area contributed by atoms with Gasteiger partial charge in [-0.25, -0.2) is 0 Å². The summed E-state index contributed by atoms with van der Waals surface area (Å²) >= 11 is 0. The molecule has 6 nitrogen and oxygen atoms in total. The molecule has 15 heavy (non-hydrogen) atoms. The summed E-state index contributed by atoms with van der Waals surface area (Å²) in [5.74, 6) is -2.80. The highest BCUT2D eigenvalue weighted by molar-refractivity contribution is 6.35. The van der Waals surface area contributed by atoms with Gasteiger partial charge in [-0.3, -0.25) is 14.4 Å². The molecule has 1 N–H and O–H groups in total. The first kappa shape index (κ1) is 11.5. The molecule has 1 rings (SSSR count). The van der Waals surface area contributed by atoms with Crippen LogP contribution in [0.2, 0.25) is 0 Å². The molecule has 84 valence electrons. The van der Waals surface area contributed by atoms with Crippen molar-refractivity contribution in [3.63, 3.8) is 0 Å². The van der Waals surface area contributed by atoms with Crippen LogP contribution in [0.1, 0.15) is 6.92 Å². The highest BCUT2D eigenvalue weighted by Crippen LogP contribution is 2.06. The van der Waals surface area contributed by atoms with E-state index in [1.54, 1.807) is 7.05 Å². The maximum atomic E-state index is 11.4. The summed E-state index contributed by atoms with van der Waals surface area (Å²) in [5, 5.41) is 8.68. The van der Waals surface area contributed by atoms with Gasteiger partial charge in [-0.05, 0) is 0 Å². The van der Waals surface area contributed by atoms with Gasteiger partial charge in [-0.15, -0.1) is 0 Å². The Morgan fingerprint density at radius 1 is 1.40 bits per heavy atom. The van der Waals surface area contributed by atoms with Gasteiger partial charge in [0.2, 0.25) is 0 Å². The minimum Gasteiger partial charge on any atom is -0.481 e. The number of carboxylic acids is 1. The minimum atomic E-state index is -0.964. The van der Waals surface area contributed by atoms with Gasteiger partial charge in [0.15, 0.2) is 0 Å². The van der Waals surface area contributed by atoms with Crippen molar-refractivity contribution in [2.45, 2.75) is 6.92 Å². The maximum Gasteiger partial charge on any atom is 0.312 e. The Hall–Kier alpha value is -1.59. The summed E-state index contributed by atoms with van der Waals surface area (Å²) in [7, 11) is 1.55. The van der Waals surface area contributed by atoms with E-state index < -0.39 is 23.7 Å². The lowest BCUT2D eigenvalue weighted by molar-refractivity contribution is -0.156. The van der Waals surface area contributed by atoms with Crippen LogP contribution >= 0.6 is 0 Å². The largest absolute Gasteiger partial charge is 0.481 e. The number of carbonyl (C=O) groups is 3. The van der Waals surface area contributed by atoms with Crippen molar-refractivity contribution in [2.24, 2.45) is 5.92 Å². The Morgan fingerprint density at radius 3 is 2.53 bits per heavy atom. The van der Waals surface area contributed by atoms with Crippen LogP contribution in [0.4, 0.5) is 0 Å². The van der Waals surface area contributed by atoms with Gasteiger partial charge in [0.05, 0.1) is 5.92 Å². The number of aliphatic carboxylic acids is 1. The van der Waals surface area contributed by atoms with Crippen molar-refractivity contribution in [1.82, 2.24) is 9.80 Å². The molecule has 1 aliphatic heterocycles. The molecule has 0 aliphatic carbocycles. The van der Waals surface area contributed by atoms with Gasteiger partial charge in [-0.1, -0.05) is 6.92 Å². The highest BCUT2D eigenvalue weighted by Gasteiger charge is 2.31. The molecule has 0 aromatic carbocycles. The van der Waals surface area contributed by atoms with E-state index in [1.807, 2.05) is 0 Å². The molecule has 0 radical (unpaired) electrons. The zero-order valence-corrected chi connectivity index (χ0v) is 8.77. The van der Waals surface area contributed by atoms with E-state index in [4.69, 9.17) is 5.11 Å². The first-order chi connectivity index (χ1) is 6.93. The standard InChI is InChI=1S/C9H14N2O4/c1-6(9(14)15)5-11-4-3-10(2)7(12)8(11)13/h6H,3-5H2,1-2H3,(H,14,15). The summed E-state index contributed by atoms with van der Waals surface area (Å²) in [4.78, 5) is 35.9. The Morgan fingerprint density at radius 2 is 2.00 bits per heavy atom. The third kappa shape index (κ3) is 2.45. The Bertz CT molecular complexity index is 302. The lowest BCUT2D eigenvalue weighted by Crippen LogP contribution is -2.54. The Balaban J connectivity index is 2.61. The molecular weight excluding hydrogens is 200 g/mol. The summed E-state index contributed by atoms with van der Waals surface area (Å²) in [6.07, 6.45) is 0. The number of carbonyl (C=O) groups excluding carboxylic acids is 2. The highest BCUT2D eigenvalue weighted by atomic mass is 16.4. The number of likely N-dealkylation sites (N-methyl/N-ethyl adjacent to an activating group) is 1. The van der Waals surface area contributed by atoms with E-state index in [0.29, 0.717) is 13.1 Å². The number of piperazine rings is 1. The first-order valence-corrected chi connectivity index (χ1v) is 4.70. The van der Waals surface area contributed by atoms with Crippen LogP contribution in [0.25, 0.3) is 0 Å². The van der Waals surface area contributed by atoms with Crippen LogP contribution in [0.3, 0.4) is 0 Å². The van der Waals surface area contributed by atoms with Crippen LogP contribution in [0.15, 0.2) is 0 Å². The van der Waals surface area contributed by atoms with Crippen LogP contribution in [-0.4, -0.2) is 59.4 Å². The smallest absolute Gasteiger partial charge is 0.312 e. The fraction of sp³-hybridized carbons (Fsp3) is 0.667. The van der Waals surface area contributed by atoms with Gasteiger partial charge in [0, 0.05) is 26.7 Å². The maximum absolute atomic E-state index is 11.4. The topological polar surface area (TPSA) is 77.9 Å². The Kier molecular flexibility index (Phi) is 3.28. The average molecular weight is 214 g/mol. The van der Waals surface area contributed by atoms with Crippen molar-refractivity contribution >= 4 is 17.8 Å². The summed E-state index contributed by atoms with van der Waals surface area (Å²) in [6, 6.07) is 0. The number of nitrogens with zero attached hydrogens (tertiary/aromatic N) is 2. The number of carboxylic acid groups (broad SMARTS) is 1. The second-order valence-electron chi connectivity index (χ2n) is 3.72. The zero-order chi connectivity index (χ0) is 11.6. The second kappa shape index (κ2) is 4.29. The molecule has 1 heterocycles. The van der Waals surface area contributed by atoms with Crippen molar-refractivity contribution in [2.75, 3.05) is 26.7 Å². The third-order valence-electron chi connectivity index (χ3n) is 2.44. The van der Waals surface area contributed by atoms with Crippen molar-refractivity contribution in [3.05, 3.63) is 0 Å². The van der Waals surface area contributed by atoms with Gasteiger partial charge < -0.3 is 14.9 Å². The molecule has 0 saturated carbocycles. The summed E-state index contributed by atoms with van der Waals surface area (Å²) < 4.78 is 0. The van der Waals surface area contributed by atoms with Gasteiger partial charge in [-0.2, -0.15) is 0 Å². The molecule has 6 heteroatoms. The van der Waals surface area contributed by atoms with Gasteiger partial charge >= 0.3 is 17.8 Å².